The van der Waals surface area contributed by atoms with Crippen LogP contribution in [0.4, 0.5) is 15.3 Å². The second kappa shape index (κ2) is 28.1. The molecule has 0 radical (unpaired) electrons. The van der Waals surface area contributed by atoms with Gasteiger partial charge in [0.2, 0.25) is 11.9 Å². The lowest BCUT2D eigenvalue weighted by Crippen LogP contribution is -2.82. The Morgan fingerprint density at radius 1 is 0.737 bits per heavy atom. The Morgan fingerprint density at radius 3 is 1.94 bits per heavy atom. The molecule has 496 valence electrons. The van der Waals surface area contributed by atoms with Gasteiger partial charge in [-0.15, -0.1) is 0 Å². The maximum atomic E-state index is 15.9. The number of benzene rings is 6. The second-order valence-corrected chi connectivity index (χ2v) is 24.6. The van der Waals surface area contributed by atoms with E-state index >= 15 is 9.59 Å². The summed E-state index contributed by atoms with van der Waals surface area (Å²) in [5.74, 6) is -7.16. The number of nitrogens with one attached hydrogen (secondary N) is 3. The Bertz CT molecular complexity index is 3910. The number of esters is 4. The standard InChI is InChI=1S/C71H72N4O20/c1-41-53(38-71(85)62(94-64(81)49-26-17-10-18-27-49)60-69(6,54(78)37-55-70(60,40-89-55)95-43(3)77)61(79)58(90-42(2)76)56(41)68(71,4)5)92-65(82)59(57(47-22-13-8-14-23-47)74-63(80)48-24-15-9-16-25-48)93-67(84)73-35-19-34-72-66(83)88-39-44-28-33-51(75(86)87)52(36-44)91-50-31-29-46(30-32-50)45-20-11-7-12-21-45/h7-18,20-33,36,53-55,57-60,62,78,85H,19,34-35,37-40H2,1-6H3,(H,72,83)(H,73,84)(H,74,80)/t53-,54-,55+,57-,58+,59+,60-,62-,69+,70-,71+/m0/s1. The summed E-state index contributed by atoms with van der Waals surface area (Å²) in [7, 11) is 0. The quantitative estimate of drug-likeness (QED) is 0.0112. The van der Waals surface area contributed by atoms with E-state index in [4.69, 9.17) is 37.9 Å². The van der Waals surface area contributed by atoms with Crippen LogP contribution in [0.2, 0.25) is 0 Å². The second-order valence-electron chi connectivity index (χ2n) is 24.6. The molecule has 24 heteroatoms. The van der Waals surface area contributed by atoms with E-state index in [1.165, 1.54) is 70.2 Å². The number of fused-ring (bicyclic) bond motifs is 5. The number of aliphatic hydroxyl groups is 2. The van der Waals surface area contributed by atoms with Crippen molar-refractivity contribution in [1.29, 1.82) is 0 Å². The van der Waals surface area contributed by atoms with Crippen LogP contribution in [0.25, 0.3) is 11.1 Å². The summed E-state index contributed by atoms with van der Waals surface area (Å²) in [6.45, 7) is 7.12. The zero-order valence-corrected chi connectivity index (χ0v) is 52.8. The summed E-state index contributed by atoms with van der Waals surface area (Å²) in [5, 5.41) is 46.3. The van der Waals surface area contributed by atoms with Gasteiger partial charge in [0.15, 0.2) is 17.5 Å². The average Bonchev–Trinajstić information content (AvgIpc) is 0.670. The number of nitrogens with zero attached hydrogens (tertiary/aromatic N) is 1. The first-order valence-corrected chi connectivity index (χ1v) is 30.8. The topological polar surface area (TPSA) is 330 Å². The normalized spacial score (nSPS) is 24.5. The Labute approximate surface area is 546 Å². The first kappa shape index (κ1) is 67.6. The molecule has 10 rings (SSSR count). The van der Waals surface area contributed by atoms with E-state index in [9.17, 15) is 49.1 Å². The molecule has 1 aliphatic heterocycles. The van der Waals surface area contributed by atoms with E-state index in [1.54, 1.807) is 78.9 Å². The van der Waals surface area contributed by atoms with E-state index < -0.39 is 130 Å². The molecule has 2 bridgehead atoms. The van der Waals surface area contributed by atoms with Crippen LogP contribution < -0.4 is 20.7 Å². The van der Waals surface area contributed by atoms with Crippen LogP contribution in [0.15, 0.2) is 175 Å². The minimum atomic E-state index is -2.54. The van der Waals surface area contributed by atoms with Crippen LogP contribution in [-0.4, -0.2) is 130 Å². The predicted molar refractivity (Wildman–Crippen MR) is 338 cm³/mol. The van der Waals surface area contributed by atoms with Gasteiger partial charge in [0.05, 0.1) is 34.5 Å². The van der Waals surface area contributed by atoms with Gasteiger partial charge in [0, 0.05) is 56.8 Å². The van der Waals surface area contributed by atoms with Crippen LogP contribution >= 0.6 is 0 Å². The van der Waals surface area contributed by atoms with Gasteiger partial charge in [0.25, 0.3) is 5.91 Å². The number of rotatable bonds is 21. The lowest BCUT2D eigenvalue weighted by Gasteiger charge is -2.67. The lowest BCUT2D eigenvalue weighted by atomic mass is 9.44. The van der Waals surface area contributed by atoms with Crippen molar-refractivity contribution in [2.24, 2.45) is 16.7 Å². The number of nitro groups is 1. The average molecular weight is 1300 g/mol. The van der Waals surface area contributed by atoms with Crippen molar-refractivity contribution in [2.45, 2.75) is 121 Å². The molecule has 11 atom stereocenters. The van der Waals surface area contributed by atoms with Crippen LogP contribution in [0.5, 0.6) is 11.5 Å². The van der Waals surface area contributed by atoms with Gasteiger partial charge in [-0.1, -0.05) is 123 Å². The van der Waals surface area contributed by atoms with Crippen molar-refractivity contribution >= 4 is 53.4 Å². The number of ether oxygens (including phenoxy) is 8. The van der Waals surface area contributed by atoms with E-state index in [-0.39, 0.29) is 78.4 Å². The maximum Gasteiger partial charge on any atom is 0.408 e. The Hall–Kier alpha value is -10.3. The van der Waals surface area contributed by atoms with Crippen molar-refractivity contribution in [2.75, 3.05) is 19.7 Å². The molecule has 3 aliphatic carbocycles. The number of Topliss-reactive ketones (excluding diaryl/α,β-unsaturated/α-hetero) is 1. The summed E-state index contributed by atoms with van der Waals surface area (Å²) >= 11 is 0. The van der Waals surface area contributed by atoms with Crippen molar-refractivity contribution in [1.82, 2.24) is 16.0 Å². The maximum absolute atomic E-state index is 15.9. The molecule has 1 heterocycles. The van der Waals surface area contributed by atoms with Crippen molar-refractivity contribution in [3.63, 3.8) is 0 Å². The summed E-state index contributed by atoms with van der Waals surface area (Å²) in [4.78, 5) is 125. The molecular weight excluding hydrogens is 1230 g/mol. The number of hydrogen-bond donors (Lipinski definition) is 5. The van der Waals surface area contributed by atoms with Gasteiger partial charge < -0.3 is 64.1 Å². The minimum Gasteiger partial charge on any atom is -0.455 e. The molecule has 6 aromatic rings. The first-order valence-electron chi connectivity index (χ1n) is 30.8. The summed E-state index contributed by atoms with van der Waals surface area (Å²) in [6.07, 6.45) is -13.4. The molecule has 6 aromatic carbocycles. The highest BCUT2D eigenvalue weighted by Gasteiger charge is 2.78. The molecule has 95 heavy (non-hydrogen) atoms. The first-order chi connectivity index (χ1) is 45.4. The highest BCUT2D eigenvalue weighted by molar-refractivity contribution is 5.96. The van der Waals surface area contributed by atoms with E-state index in [0.29, 0.717) is 11.3 Å². The number of amides is 3. The fourth-order valence-electron chi connectivity index (χ4n) is 13.5. The highest BCUT2D eigenvalue weighted by Crippen LogP contribution is 2.64. The third-order valence-electron chi connectivity index (χ3n) is 18.4. The minimum absolute atomic E-state index is 0.00786. The van der Waals surface area contributed by atoms with Crippen LogP contribution in [0.3, 0.4) is 0 Å². The van der Waals surface area contributed by atoms with Gasteiger partial charge in [-0.2, -0.15) is 0 Å². The van der Waals surface area contributed by atoms with Crippen LogP contribution in [-0.2, 0) is 58.9 Å². The van der Waals surface area contributed by atoms with Crippen LogP contribution in [0, 0.1) is 26.9 Å². The number of hydrogen-bond acceptors (Lipinski definition) is 20. The molecule has 1 saturated heterocycles. The third kappa shape index (κ3) is 13.9. The zero-order chi connectivity index (χ0) is 68.0. The van der Waals surface area contributed by atoms with Gasteiger partial charge in [-0.05, 0) is 102 Å². The van der Waals surface area contributed by atoms with E-state index in [0.717, 1.165) is 25.0 Å². The van der Waals surface area contributed by atoms with E-state index in [1.807, 2.05) is 42.5 Å². The van der Waals surface area contributed by atoms with Crippen molar-refractivity contribution in [3.05, 3.63) is 207 Å². The highest BCUT2D eigenvalue weighted by atomic mass is 16.6. The summed E-state index contributed by atoms with van der Waals surface area (Å²) in [6, 6.07) is 42.8. The summed E-state index contributed by atoms with van der Waals surface area (Å²) in [5.41, 5.74) is -6.05. The number of carbonyl (C=O) groups is 8. The molecule has 24 nitrogen and oxygen atoms in total. The molecule has 4 aliphatic rings. The molecule has 0 spiro atoms. The monoisotopic (exact) mass is 1300 g/mol. The zero-order valence-electron chi connectivity index (χ0n) is 52.8. The number of alkyl carbamates (subject to hydrolysis) is 2. The van der Waals surface area contributed by atoms with E-state index in [2.05, 4.69) is 16.0 Å². The lowest BCUT2D eigenvalue weighted by molar-refractivity contribution is -0.385. The molecule has 3 amide bonds. The number of aliphatic hydroxyl groups excluding tert-OH is 1. The van der Waals surface area contributed by atoms with Gasteiger partial charge >= 0.3 is 41.8 Å². The predicted octanol–water partition coefficient (Wildman–Crippen LogP) is 9.15. The molecule has 3 fully saturated rings. The molecule has 0 unspecified atom stereocenters. The third-order valence-corrected chi connectivity index (χ3v) is 18.4. The van der Waals surface area contributed by atoms with Gasteiger partial charge in [0.1, 0.15) is 42.3 Å². The largest absolute Gasteiger partial charge is 0.455 e. The fraction of sp³-hybridized carbons (Fsp3) is 0.352. The number of nitro benzene ring substituents is 1. The summed E-state index contributed by atoms with van der Waals surface area (Å²) < 4.78 is 48.3. The Morgan fingerprint density at radius 2 is 1.34 bits per heavy atom. The Kier molecular flexibility index (Phi) is 20.0. The van der Waals surface area contributed by atoms with Gasteiger partial charge in [-0.3, -0.25) is 29.3 Å². The van der Waals surface area contributed by atoms with Crippen molar-refractivity contribution < 1.29 is 91.4 Å². The van der Waals surface area contributed by atoms with Crippen molar-refractivity contribution in [3.8, 4) is 22.6 Å². The molecule has 5 N–H and O–H groups in total. The SMILES string of the molecule is CC(=O)O[C@H]1C(=O)[C@@]2(C)[C@H]([C@H](OC(=O)c3ccccc3)[C@]3(O)C[C@H](OC(=O)[C@H](OC(=O)NCCCNC(=O)OCc4ccc([N+](=O)[O-])c(Oc5ccc(-c6ccccc6)cc5)c4)[C@@H](NC(=O)c4ccccc4)c4ccccc4)C(C)=C1C3(C)C)[C@]1(OC(C)=O)CO[C@@H]1C[C@@H]2O. The van der Waals surface area contributed by atoms with Gasteiger partial charge in [-0.25, -0.2) is 19.2 Å². The molecule has 2 saturated carbocycles. The molecular formula is C71H72N4O20. The molecule has 0 aromatic heterocycles. The van der Waals surface area contributed by atoms with Crippen LogP contribution in [0.1, 0.15) is 98.7 Å². The fourth-order valence-corrected chi connectivity index (χ4v) is 13.5. The number of ketones is 1. The number of carbonyl (C=O) groups excluding carboxylic acids is 8. The smallest absolute Gasteiger partial charge is 0.408 e. The Balaban J connectivity index is 0.911.